The number of esters is 2. The molecule has 160 valence electrons. The van der Waals surface area contributed by atoms with Gasteiger partial charge in [-0.1, -0.05) is 13.8 Å². The summed E-state index contributed by atoms with van der Waals surface area (Å²) in [6, 6.07) is -1.22. The third-order valence-electron chi connectivity index (χ3n) is 3.50. The van der Waals surface area contributed by atoms with Crippen molar-refractivity contribution in [1.29, 1.82) is 0 Å². The number of hydrogen-bond acceptors (Lipinski definition) is 9. The molecule has 12 heteroatoms. The first-order chi connectivity index (χ1) is 12.2. The summed E-state index contributed by atoms with van der Waals surface area (Å²) in [5.41, 5.74) is 0. The Morgan fingerprint density at radius 1 is 1.00 bits per heavy atom. The Labute approximate surface area is 166 Å². The van der Waals surface area contributed by atoms with Gasteiger partial charge in [-0.2, -0.15) is 12.6 Å². The Morgan fingerprint density at radius 2 is 1.56 bits per heavy atom. The fourth-order valence-corrected chi connectivity index (χ4v) is 4.67. The number of carbonyl (C=O) groups is 2. The average Bonchev–Trinajstić information content (AvgIpc) is 2.51. The number of hydrogen-bond donors (Lipinski definition) is 2. The molecule has 0 spiro atoms. The van der Waals surface area contributed by atoms with Gasteiger partial charge in [0.1, 0.15) is 10.6 Å². The summed E-state index contributed by atoms with van der Waals surface area (Å²) in [5, 5.41) is 0. The van der Waals surface area contributed by atoms with Gasteiger partial charge in [0.25, 0.3) is 0 Å². The third-order valence-corrected chi connectivity index (χ3v) is 7.80. The second-order valence-electron chi connectivity index (χ2n) is 6.31. The summed E-state index contributed by atoms with van der Waals surface area (Å²) in [7, 11) is -7.43. The lowest BCUT2D eigenvalue weighted by Crippen LogP contribution is -2.47. The zero-order valence-corrected chi connectivity index (χ0v) is 18.7. The van der Waals surface area contributed by atoms with Gasteiger partial charge < -0.3 is 9.47 Å². The summed E-state index contributed by atoms with van der Waals surface area (Å²) < 4.78 is 58.8. The number of rotatable bonds is 12. The van der Waals surface area contributed by atoms with E-state index < -0.39 is 60.2 Å². The molecule has 0 rings (SSSR count). The Kier molecular flexibility index (Phi) is 10.9. The highest BCUT2D eigenvalue weighted by Gasteiger charge is 2.31. The van der Waals surface area contributed by atoms with Crippen LogP contribution in [0.3, 0.4) is 0 Å². The van der Waals surface area contributed by atoms with Gasteiger partial charge in [-0.05, 0) is 33.1 Å². The van der Waals surface area contributed by atoms with Gasteiger partial charge in [0.15, 0.2) is 15.9 Å². The van der Waals surface area contributed by atoms with Crippen LogP contribution in [0.1, 0.15) is 41.0 Å². The largest absolute Gasteiger partial charge is 0.463 e. The van der Waals surface area contributed by atoms with E-state index in [1.165, 1.54) is 13.8 Å². The third kappa shape index (κ3) is 9.77. The maximum Gasteiger partial charge on any atom is 0.347 e. The molecule has 3 unspecified atom stereocenters. The average molecular weight is 448 g/mol. The number of carbonyl (C=O) groups excluding carboxylic acids is 2. The summed E-state index contributed by atoms with van der Waals surface area (Å²) >= 11 is 3.84. The minimum absolute atomic E-state index is 0.120. The van der Waals surface area contributed by atoms with Crippen molar-refractivity contribution in [2.75, 3.05) is 18.1 Å². The van der Waals surface area contributed by atoms with Crippen molar-refractivity contribution in [1.82, 2.24) is 4.72 Å². The maximum atomic E-state index is 12.2. The lowest BCUT2D eigenvalue weighted by Gasteiger charge is -2.22. The van der Waals surface area contributed by atoms with Gasteiger partial charge in [0.05, 0.1) is 18.1 Å². The summed E-state index contributed by atoms with van der Waals surface area (Å²) in [6.07, 6.45) is -1.31. The molecule has 0 amide bonds. The molecule has 9 nitrogen and oxygen atoms in total. The van der Waals surface area contributed by atoms with Crippen molar-refractivity contribution in [2.45, 2.75) is 57.8 Å². The minimum atomic E-state index is -3.94. The Bertz CT molecular complexity index is 701. The molecule has 0 radical (unpaired) electrons. The van der Waals surface area contributed by atoms with E-state index in [4.69, 9.17) is 9.47 Å². The number of ether oxygens (including phenoxy) is 2. The van der Waals surface area contributed by atoms with Gasteiger partial charge >= 0.3 is 11.9 Å². The van der Waals surface area contributed by atoms with Crippen LogP contribution in [-0.2, 0) is 38.9 Å². The highest BCUT2D eigenvalue weighted by molar-refractivity contribution is 8.04. The van der Waals surface area contributed by atoms with Crippen molar-refractivity contribution in [3.63, 3.8) is 0 Å². The van der Waals surface area contributed by atoms with Crippen LogP contribution in [0.5, 0.6) is 0 Å². The van der Waals surface area contributed by atoms with Gasteiger partial charge in [-0.15, -0.1) is 0 Å². The van der Waals surface area contributed by atoms with E-state index >= 15 is 0 Å². The van der Waals surface area contributed by atoms with Crippen LogP contribution in [0, 0.1) is 5.92 Å². The zero-order chi connectivity index (χ0) is 21.4. The molecule has 0 saturated carbocycles. The molecule has 3 atom stereocenters. The van der Waals surface area contributed by atoms with E-state index in [9.17, 15) is 26.4 Å². The topological polar surface area (TPSA) is 133 Å². The van der Waals surface area contributed by atoms with Crippen molar-refractivity contribution < 1.29 is 35.9 Å². The van der Waals surface area contributed by atoms with Gasteiger partial charge in [-0.3, -0.25) is 4.79 Å². The monoisotopic (exact) mass is 447 g/mol. The predicted octanol–water partition coefficient (Wildman–Crippen LogP) is 0.506. The standard InChI is InChI=1S/C15H29NO8S3/c1-6-23-14(17)11(4)24-15(18)13(10(2)3)16-27(21,22)9-7-8-26(19,20)12(5)25/h10-13,16,25H,6-9H2,1-5H3. The Hall–Kier alpha value is -0.850. The van der Waals surface area contributed by atoms with Crippen LogP contribution >= 0.6 is 12.6 Å². The first-order valence-corrected chi connectivity index (χ1v) is 12.4. The van der Waals surface area contributed by atoms with Crippen molar-refractivity contribution in [3.8, 4) is 0 Å². The number of sulfone groups is 1. The van der Waals surface area contributed by atoms with Crippen LogP contribution in [0.25, 0.3) is 0 Å². The summed E-state index contributed by atoms with van der Waals surface area (Å²) in [6.45, 7) is 7.65. The van der Waals surface area contributed by atoms with Crippen LogP contribution in [0.2, 0.25) is 0 Å². The first-order valence-electron chi connectivity index (χ1n) is 8.50. The van der Waals surface area contributed by atoms with Crippen LogP contribution < -0.4 is 4.72 Å². The van der Waals surface area contributed by atoms with Gasteiger partial charge in [0, 0.05) is 0 Å². The van der Waals surface area contributed by atoms with Crippen LogP contribution in [-0.4, -0.2) is 63.6 Å². The summed E-state index contributed by atoms with van der Waals surface area (Å²) in [4.78, 5) is 23.8. The summed E-state index contributed by atoms with van der Waals surface area (Å²) in [5.74, 6) is -2.91. The van der Waals surface area contributed by atoms with Gasteiger partial charge in [-0.25, -0.2) is 26.4 Å². The molecule has 0 saturated heterocycles. The van der Waals surface area contributed by atoms with E-state index in [0.717, 1.165) is 0 Å². The van der Waals surface area contributed by atoms with E-state index in [1.807, 2.05) is 0 Å². The quantitative estimate of drug-likeness (QED) is 0.326. The number of sulfonamides is 1. The Balaban J connectivity index is 4.92. The van der Waals surface area contributed by atoms with Crippen molar-refractivity contribution in [2.24, 2.45) is 5.92 Å². The first kappa shape index (κ1) is 26.1. The van der Waals surface area contributed by atoms with Gasteiger partial charge in [0.2, 0.25) is 10.0 Å². The minimum Gasteiger partial charge on any atom is -0.463 e. The Morgan fingerprint density at radius 3 is 2.00 bits per heavy atom. The molecule has 0 aliphatic heterocycles. The molecule has 0 fully saturated rings. The fraction of sp³-hybridized carbons (Fsp3) is 0.867. The van der Waals surface area contributed by atoms with Crippen molar-refractivity contribution >= 4 is 44.4 Å². The molecular formula is C15H29NO8S3. The number of nitrogens with one attached hydrogen (secondary N) is 1. The fourth-order valence-electron chi connectivity index (χ4n) is 1.88. The number of thiol groups is 1. The van der Waals surface area contributed by atoms with Crippen molar-refractivity contribution in [3.05, 3.63) is 0 Å². The van der Waals surface area contributed by atoms with Crippen LogP contribution in [0.15, 0.2) is 0 Å². The highest BCUT2D eigenvalue weighted by Crippen LogP contribution is 2.11. The van der Waals surface area contributed by atoms with Crippen LogP contribution in [0.4, 0.5) is 0 Å². The smallest absolute Gasteiger partial charge is 0.347 e. The molecule has 1 N–H and O–H groups in total. The maximum absolute atomic E-state index is 12.2. The molecule has 27 heavy (non-hydrogen) atoms. The zero-order valence-electron chi connectivity index (χ0n) is 16.2. The lowest BCUT2D eigenvalue weighted by atomic mass is 10.1. The molecular weight excluding hydrogens is 418 g/mol. The second-order valence-corrected chi connectivity index (χ2v) is 11.7. The normalized spacial score (nSPS) is 15.8. The highest BCUT2D eigenvalue weighted by atomic mass is 32.2. The lowest BCUT2D eigenvalue weighted by molar-refractivity contribution is -0.167. The SMILES string of the molecule is CCOC(=O)C(C)OC(=O)C(NS(=O)(=O)CCCS(=O)(=O)C(C)S)C(C)C. The molecule has 0 aromatic rings. The predicted molar refractivity (Wildman–Crippen MR) is 105 cm³/mol. The molecule has 0 aliphatic rings. The van der Waals surface area contributed by atoms with E-state index in [0.29, 0.717) is 0 Å². The molecule has 0 heterocycles. The van der Waals surface area contributed by atoms with E-state index in [1.54, 1.807) is 20.8 Å². The molecule has 0 aromatic carbocycles. The molecule has 0 aromatic heterocycles. The second kappa shape index (κ2) is 11.2. The molecule has 0 bridgehead atoms. The van der Waals surface area contributed by atoms with E-state index in [2.05, 4.69) is 17.4 Å². The molecule has 0 aliphatic carbocycles. The van der Waals surface area contributed by atoms with E-state index in [-0.39, 0.29) is 18.8 Å².